The van der Waals surface area contributed by atoms with Crippen molar-refractivity contribution in [2.75, 3.05) is 6.54 Å². The lowest BCUT2D eigenvalue weighted by Crippen LogP contribution is -2.31. The first-order valence-electron chi connectivity index (χ1n) is 6.03. The van der Waals surface area contributed by atoms with Crippen molar-refractivity contribution in [1.82, 2.24) is 5.32 Å². The van der Waals surface area contributed by atoms with E-state index in [9.17, 15) is 9.90 Å². The van der Waals surface area contributed by atoms with Crippen LogP contribution in [0.1, 0.15) is 24.1 Å². The van der Waals surface area contributed by atoms with Crippen LogP contribution in [-0.2, 0) is 4.79 Å². The molecule has 1 heterocycles. The topological polar surface area (TPSA) is 49.3 Å². The van der Waals surface area contributed by atoms with E-state index in [-0.39, 0.29) is 17.9 Å². The van der Waals surface area contributed by atoms with Crippen LogP contribution in [0.15, 0.2) is 22.0 Å². The van der Waals surface area contributed by atoms with Crippen LogP contribution in [0.5, 0.6) is 0 Å². The molecule has 1 aromatic rings. The Morgan fingerprint density at radius 3 is 3.06 bits per heavy atom. The fourth-order valence-electron chi connectivity index (χ4n) is 2.12. The minimum absolute atomic E-state index is 0.0985. The maximum absolute atomic E-state index is 11.6. The van der Waals surface area contributed by atoms with E-state index in [0.717, 1.165) is 28.6 Å². The minimum atomic E-state index is -0.248. The number of halogens is 1. The Labute approximate surface area is 119 Å². The van der Waals surface area contributed by atoms with Crippen LogP contribution in [0.4, 0.5) is 0 Å². The quantitative estimate of drug-likeness (QED) is 0.834. The third-order valence-corrected chi connectivity index (χ3v) is 4.80. The third kappa shape index (κ3) is 3.93. The summed E-state index contributed by atoms with van der Waals surface area (Å²) in [4.78, 5) is 12.6. The smallest absolute Gasteiger partial charge is 0.244 e. The molecule has 5 heteroatoms. The molecule has 2 atom stereocenters. The Morgan fingerprint density at radius 1 is 1.61 bits per heavy atom. The largest absolute Gasteiger partial charge is 0.393 e. The molecule has 0 radical (unpaired) electrons. The second-order valence-corrected chi connectivity index (χ2v) is 6.36. The summed E-state index contributed by atoms with van der Waals surface area (Å²) in [6.45, 7) is 0.568. The van der Waals surface area contributed by atoms with Crippen molar-refractivity contribution in [2.45, 2.75) is 25.4 Å². The third-order valence-electron chi connectivity index (χ3n) is 3.14. The number of carbonyl (C=O) groups excluding carboxylic acids is 1. The SMILES string of the molecule is O=C(C=Cc1cc(Br)cs1)NCC1CCCC1O. The summed E-state index contributed by atoms with van der Waals surface area (Å²) in [5.74, 6) is 0.122. The van der Waals surface area contributed by atoms with Gasteiger partial charge in [0, 0.05) is 33.3 Å². The molecule has 3 nitrogen and oxygen atoms in total. The molecule has 1 amide bonds. The monoisotopic (exact) mass is 329 g/mol. The second kappa shape index (κ2) is 6.50. The van der Waals surface area contributed by atoms with Crippen molar-refractivity contribution in [3.8, 4) is 0 Å². The molecule has 1 aromatic heterocycles. The standard InChI is InChI=1S/C13H16BrNO2S/c14-10-6-11(18-8-10)4-5-13(17)15-7-9-2-1-3-12(9)16/h4-6,8-9,12,16H,1-3,7H2,(H,15,17). The molecule has 0 spiro atoms. The molecule has 2 N–H and O–H groups in total. The minimum Gasteiger partial charge on any atom is -0.393 e. The van der Waals surface area contributed by atoms with Gasteiger partial charge in [0.25, 0.3) is 0 Å². The molecule has 98 valence electrons. The molecule has 0 saturated heterocycles. The number of carbonyl (C=O) groups is 1. The van der Waals surface area contributed by atoms with Crippen LogP contribution in [0.2, 0.25) is 0 Å². The summed E-state index contributed by atoms with van der Waals surface area (Å²) in [6.07, 6.45) is 6.02. The highest BCUT2D eigenvalue weighted by molar-refractivity contribution is 9.10. The lowest BCUT2D eigenvalue weighted by atomic mass is 10.1. The number of aliphatic hydroxyl groups excluding tert-OH is 1. The number of rotatable bonds is 4. The number of thiophene rings is 1. The van der Waals surface area contributed by atoms with Gasteiger partial charge < -0.3 is 10.4 Å². The van der Waals surface area contributed by atoms with E-state index in [1.54, 1.807) is 23.5 Å². The van der Waals surface area contributed by atoms with E-state index in [2.05, 4.69) is 21.2 Å². The van der Waals surface area contributed by atoms with Gasteiger partial charge in [0.1, 0.15) is 0 Å². The number of hydrogen-bond acceptors (Lipinski definition) is 3. The summed E-state index contributed by atoms with van der Waals surface area (Å²) >= 11 is 4.95. The van der Waals surface area contributed by atoms with Crippen LogP contribution in [0, 0.1) is 5.92 Å². The average molecular weight is 330 g/mol. The second-order valence-electron chi connectivity index (χ2n) is 4.50. The summed E-state index contributed by atoms with van der Waals surface area (Å²) in [5, 5.41) is 14.5. The van der Waals surface area contributed by atoms with Gasteiger partial charge in [-0.05, 0) is 40.9 Å². The lowest BCUT2D eigenvalue weighted by molar-refractivity contribution is -0.116. The fraction of sp³-hybridized carbons (Fsp3) is 0.462. The first-order valence-corrected chi connectivity index (χ1v) is 7.70. The van der Waals surface area contributed by atoms with Crippen LogP contribution < -0.4 is 5.32 Å². The molecule has 1 fully saturated rings. The number of hydrogen-bond donors (Lipinski definition) is 2. The highest BCUT2D eigenvalue weighted by Crippen LogP contribution is 2.24. The number of nitrogens with one attached hydrogen (secondary N) is 1. The Balaban J connectivity index is 1.76. The molecule has 1 aliphatic carbocycles. The summed E-state index contributed by atoms with van der Waals surface area (Å²) < 4.78 is 1.03. The molecule has 1 saturated carbocycles. The van der Waals surface area contributed by atoms with Gasteiger partial charge in [-0.2, -0.15) is 0 Å². The maximum atomic E-state index is 11.6. The van der Waals surface area contributed by atoms with Crippen molar-refractivity contribution in [2.24, 2.45) is 5.92 Å². The molecule has 0 aromatic carbocycles. The van der Waals surface area contributed by atoms with Crippen LogP contribution >= 0.6 is 27.3 Å². The first-order chi connectivity index (χ1) is 8.65. The lowest BCUT2D eigenvalue weighted by Gasteiger charge is -2.13. The summed E-state index contributed by atoms with van der Waals surface area (Å²) in [7, 11) is 0. The molecular weight excluding hydrogens is 314 g/mol. The maximum Gasteiger partial charge on any atom is 0.244 e. The fourth-order valence-corrected chi connectivity index (χ4v) is 3.46. The Kier molecular flexibility index (Phi) is 4.97. The summed E-state index contributed by atoms with van der Waals surface area (Å²) in [5.41, 5.74) is 0. The predicted octanol–water partition coefficient (Wildman–Crippen LogP) is 2.80. The van der Waals surface area contributed by atoms with Gasteiger partial charge in [-0.25, -0.2) is 0 Å². The van der Waals surface area contributed by atoms with Crippen molar-refractivity contribution < 1.29 is 9.90 Å². The van der Waals surface area contributed by atoms with E-state index in [1.165, 1.54) is 0 Å². The zero-order chi connectivity index (χ0) is 13.0. The van der Waals surface area contributed by atoms with E-state index in [0.29, 0.717) is 6.54 Å². The van der Waals surface area contributed by atoms with Crippen LogP contribution in [0.25, 0.3) is 6.08 Å². The van der Waals surface area contributed by atoms with Gasteiger partial charge >= 0.3 is 0 Å². The Bertz CT molecular complexity index is 444. The molecule has 2 unspecified atom stereocenters. The van der Waals surface area contributed by atoms with Crippen molar-refractivity contribution >= 4 is 39.2 Å². The zero-order valence-electron chi connectivity index (χ0n) is 9.93. The Morgan fingerprint density at radius 2 is 2.44 bits per heavy atom. The van der Waals surface area contributed by atoms with E-state index in [4.69, 9.17) is 0 Å². The van der Waals surface area contributed by atoms with Gasteiger partial charge in [-0.15, -0.1) is 11.3 Å². The van der Waals surface area contributed by atoms with Gasteiger partial charge in [-0.1, -0.05) is 6.42 Å². The van der Waals surface area contributed by atoms with Gasteiger partial charge in [0.15, 0.2) is 0 Å². The normalized spacial score (nSPS) is 23.7. The number of amides is 1. The molecule has 2 rings (SSSR count). The van der Waals surface area contributed by atoms with Crippen molar-refractivity contribution in [3.05, 3.63) is 26.9 Å². The van der Waals surface area contributed by atoms with E-state index in [1.807, 2.05) is 11.4 Å². The van der Waals surface area contributed by atoms with Gasteiger partial charge in [0.05, 0.1) is 6.10 Å². The highest BCUT2D eigenvalue weighted by Gasteiger charge is 2.24. The average Bonchev–Trinajstić information content (AvgIpc) is 2.93. The molecule has 0 bridgehead atoms. The zero-order valence-corrected chi connectivity index (χ0v) is 12.3. The van der Waals surface area contributed by atoms with Gasteiger partial charge in [-0.3, -0.25) is 4.79 Å². The van der Waals surface area contributed by atoms with Crippen molar-refractivity contribution in [1.29, 1.82) is 0 Å². The van der Waals surface area contributed by atoms with E-state index >= 15 is 0 Å². The highest BCUT2D eigenvalue weighted by atomic mass is 79.9. The summed E-state index contributed by atoms with van der Waals surface area (Å²) in [6, 6.07) is 1.97. The van der Waals surface area contributed by atoms with E-state index < -0.39 is 0 Å². The number of aliphatic hydroxyl groups is 1. The molecule has 18 heavy (non-hydrogen) atoms. The van der Waals surface area contributed by atoms with Gasteiger partial charge in [0.2, 0.25) is 5.91 Å². The molecule has 0 aliphatic heterocycles. The predicted molar refractivity (Wildman–Crippen MR) is 77.4 cm³/mol. The molecular formula is C13H16BrNO2S. The Hall–Kier alpha value is -0.650. The van der Waals surface area contributed by atoms with Crippen molar-refractivity contribution in [3.63, 3.8) is 0 Å². The van der Waals surface area contributed by atoms with Crippen LogP contribution in [0.3, 0.4) is 0 Å². The molecule has 1 aliphatic rings. The first kappa shape index (κ1) is 13.8. The van der Waals surface area contributed by atoms with Crippen LogP contribution in [-0.4, -0.2) is 23.7 Å².